The fourth-order valence-corrected chi connectivity index (χ4v) is 3.54. The number of ether oxygens (including phenoxy) is 2. The number of methoxy groups -OCH3 is 2. The van der Waals surface area contributed by atoms with Crippen molar-refractivity contribution in [2.24, 2.45) is 0 Å². The molecule has 2 amide bonds. The Bertz CT molecular complexity index is 1170. The lowest BCUT2D eigenvalue weighted by Gasteiger charge is -2.13. The highest BCUT2D eigenvalue weighted by molar-refractivity contribution is 6.05. The first-order valence-corrected chi connectivity index (χ1v) is 11.6. The van der Waals surface area contributed by atoms with E-state index in [2.05, 4.69) is 24.5 Å². The van der Waals surface area contributed by atoms with Crippen molar-refractivity contribution < 1.29 is 19.1 Å². The van der Waals surface area contributed by atoms with Gasteiger partial charge in [0.25, 0.3) is 11.8 Å². The molecular formula is C29H32N2O4. The van der Waals surface area contributed by atoms with Gasteiger partial charge in [-0.25, -0.2) is 0 Å². The molecular weight excluding hydrogens is 440 g/mol. The second-order valence-corrected chi connectivity index (χ2v) is 8.39. The van der Waals surface area contributed by atoms with Crippen LogP contribution in [0.1, 0.15) is 46.8 Å². The van der Waals surface area contributed by atoms with Gasteiger partial charge in [0, 0.05) is 12.1 Å². The van der Waals surface area contributed by atoms with Gasteiger partial charge in [-0.15, -0.1) is 0 Å². The van der Waals surface area contributed by atoms with Gasteiger partial charge in [0.05, 0.1) is 14.2 Å². The third-order valence-electron chi connectivity index (χ3n) is 5.59. The van der Waals surface area contributed by atoms with Gasteiger partial charge < -0.3 is 20.1 Å². The maximum atomic E-state index is 13.1. The monoisotopic (exact) mass is 472 g/mol. The normalized spacial score (nSPS) is 11.2. The molecule has 6 heteroatoms. The summed E-state index contributed by atoms with van der Waals surface area (Å²) >= 11 is 0. The van der Waals surface area contributed by atoms with Gasteiger partial charge in [0.2, 0.25) is 0 Å². The molecule has 3 aromatic rings. The Hall–Kier alpha value is -4.06. The van der Waals surface area contributed by atoms with E-state index in [0.29, 0.717) is 35.9 Å². The van der Waals surface area contributed by atoms with Crippen LogP contribution in [-0.4, -0.2) is 32.6 Å². The van der Waals surface area contributed by atoms with Crippen LogP contribution in [0, 0.1) is 0 Å². The minimum atomic E-state index is -0.359. The zero-order chi connectivity index (χ0) is 25.2. The summed E-state index contributed by atoms with van der Waals surface area (Å²) in [6.45, 7) is 4.64. The molecule has 0 aliphatic heterocycles. The van der Waals surface area contributed by atoms with E-state index in [4.69, 9.17) is 9.47 Å². The summed E-state index contributed by atoms with van der Waals surface area (Å²) in [7, 11) is 3.18. The van der Waals surface area contributed by atoms with Crippen molar-refractivity contribution in [3.05, 3.63) is 101 Å². The molecule has 0 aromatic heterocycles. The Kier molecular flexibility index (Phi) is 9.07. The van der Waals surface area contributed by atoms with E-state index in [0.717, 1.165) is 11.1 Å². The van der Waals surface area contributed by atoms with Gasteiger partial charge in [-0.1, -0.05) is 62.4 Å². The lowest BCUT2D eigenvalue weighted by atomic mass is 10.0. The summed E-state index contributed by atoms with van der Waals surface area (Å²) in [6, 6.07) is 22.4. The van der Waals surface area contributed by atoms with Crippen LogP contribution in [0.3, 0.4) is 0 Å². The molecule has 2 N–H and O–H groups in total. The first kappa shape index (κ1) is 25.6. The van der Waals surface area contributed by atoms with E-state index in [-0.39, 0.29) is 17.5 Å². The molecule has 0 fully saturated rings. The number of rotatable bonds is 10. The van der Waals surface area contributed by atoms with Crippen molar-refractivity contribution in [2.45, 2.75) is 26.2 Å². The molecule has 35 heavy (non-hydrogen) atoms. The molecule has 182 valence electrons. The van der Waals surface area contributed by atoms with Gasteiger partial charge in [-0.2, -0.15) is 0 Å². The summed E-state index contributed by atoms with van der Waals surface area (Å²) in [5, 5.41) is 5.68. The Morgan fingerprint density at radius 2 is 1.57 bits per heavy atom. The molecule has 0 bridgehead atoms. The van der Waals surface area contributed by atoms with Gasteiger partial charge >= 0.3 is 0 Å². The summed E-state index contributed by atoms with van der Waals surface area (Å²) in [5.74, 6) is 0.994. The number of benzene rings is 3. The summed E-state index contributed by atoms with van der Waals surface area (Å²) in [5.41, 5.74) is 3.69. The van der Waals surface area contributed by atoms with Crippen molar-refractivity contribution >= 4 is 17.9 Å². The molecule has 0 heterocycles. The fourth-order valence-electron chi connectivity index (χ4n) is 3.54. The quantitative estimate of drug-likeness (QED) is 0.409. The van der Waals surface area contributed by atoms with Crippen molar-refractivity contribution in [3.8, 4) is 11.5 Å². The van der Waals surface area contributed by atoms with Gasteiger partial charge in [-0.3, -0.25) is 9.59 Å². The molecule has 0 spiro atoms. The SMILES string of the molecule is COc1ccc(CCNC(=O)C(=Cc2ccc(C(C)C)cc2)NC(=O)c2ccccc2)cc1OC. The number of carbonyl (C=O) groups is 2. The van der Waals surface area contributed by atoms with E-state index < -0.39 is 0 Å². The van der Waals surface area contributed by atoms with E-state index >= 15 is 0 Å². The molecule has 6 nitrogen and oxygen atoms in total. The second kappa shape index (κ2) is 12.4. The number of nitrogens with one attached hydrogen (secondary N) is 2. The van der Waals surface area contributed by atoms with Crippen molar-refractivity contribution in [1.29, 1.82) is 0 Å². The molecule has 0 saturated heterocycles. The third-order valence-corrected chi connectivity index (χ3v) is 5.59. The van der Waals surface area contributed by atoms with Gasteiger partial charge in [0.15, 0.2) is 11.5 Å². The Labute approximate surface area is 207 Å². The van der Waals surface area contributed by atoms with Crippen molar-refractivity contribution in [2.75, 3.05) is 20.8 Å². The first-order valence-electron chi connectivity index (χ1n) is 11.6. The van der Waals surface area contributed by atoms with Crippen LogP contribution in [0.15, 0.2) is 78.5 Å². The first-order chi connectivity index (χ1) is 16.9. The maximum Gasteiger partial charge on any atom is 0.267 e. The van der Waals surface area contributed by atoms with Gasteiger partial charge in [0.1, 0.15) is 5.70 Å². The largest absolute Gasteiger partial charge is 0.493 e. The lowest BCUT2D eigenvalue weighted by molar-refractivity contribution is -0.117. The molecule has 0 aliphatic carbocycles. The Morgan fingerprint density at radius 1 is 0.886 bits per heavy atom. The number of amides is 2. The van der Waals surface area contributed by atoms with Crippen LogP contribution in [0.4, 0.5) is 0 Å². The van der Waals surface area contributed by atoms with E-state index in [1.54, 1.807) is 44.6 Å². The molecule has 0 radical (unpaired) electrons. The lowest BCUT2D eigenvalue weighted by Crippen LogP contribution is -2.35. The summed E-state index contributed by atoms with van der Waals surface area (Å²) in [6.07, 6.45) is 2.28. The molecule has 0 unspecified atom stereocenters. The predicted molar refractivity (Wildman–Crippen MR) is 139 cm³/mol. The average molecular weight is 473 g/mol. The molecule has 3 aromatic carbocycles. The Morgan fingerprint density at radius 3 is 2.20 bits per heavy atom. The number of carbonyl (C=O) groups excluding carboxylic acids is 2. The smallest absolute Gasteiger partial charge is 0.267 e. The van der Waals surface area contributed by atoms with E-state index in [1.165, 1.54) is 5.56 Å². The average Bonchev–Trinajstić information content (AvgIpc) is 2.88. The zero-order valence-electron chi connectivity index (χ0n) is 20.6. The topological polar surface area (TPSA) is 76.7 Å². The van der Waals surface area contributed by atoms with Crippen LogP contribution >= 0.6 is 0 Å². The minimum absolute atomic E-state index is 0.184. The van der Waals surface area contributed by atoms with Crippen molar-refractivity contribution in [3.63, 3.8) is 0 Å². The highest BCUT2D eigenvalue weighted by atomic mass is 16.5. The fraction of sp³-hybridized carbons (Fsp3) is 0.241. The number of hydrogen-bond acceptors (Lipinski definition) is 4. The van der Waals surface area contributed by atoms with Crippen LogP contribution in [0.25, 0.3) is 6.08 Å². The molecule has 0 aliphatic rings. The number of hydrogen-bond donors (Lipinski definition) is 2. The van der Waals surface area contributed by atoms with E-state index in [1.807, 2.05) is 48.5 Å². The van der Waals surface area contributed by atoms with Gasteiger partial charge in [-0.05, 0) is 59.4 Å². The summed E-state index contributed by atoms with van der Waals surface area (Å²) in [4.78, 5) is 25.8. The standard InChI is InChI=1S/C29H32N2O4/c1-20(2)23-13-10-21(11-14-23)18-25(31-28(32)24-8-6-5-7-9-24)29(33)30-17-16-22-12-15-26(34-3)27(19-22)35-4/h5-15,18-20H,16-17H2,1-4H3,(H,30,33)(H,31,32). The minimum Gasteiger partial charge on any atom is -0.493 e. The molecule has 0 atom stereocenters. The maximum absolute atomic E-state index is 13.1. The van der Waals surface area contributed by atoms with Crippen LogP contribution in [0.5, 0.6) is 11.5 Å². The Balaban J connectivity index is 1.74. The highest BCUT2D eigenvalue weighted by Gasteiger charge is 2.15. The van der Waals surface area contributed by atoms with E-state index in [9.17, 15) is 9.59 Å². The second-order valence-electron chi connectivity index (χ2n) is 8.39. The predicted octanol–water partition coefficient (Wildman–Crippen LogP) is 4.96. The van der Waals surface area contributed by atoms with Crippen LogP contribution in [-0.2, 0) is 11.2 Å². The van der Waals surface area contributed by atoms with Crippen molar-refractivity contribution in [1.82, 2.24) is 10.6 Å². The third kappa shape index (κ3) is 7.21. The van der Waals surface area contributed by atoms with Crippen LogP contribution in [0.2, 0.25) is 0 Å². The molecule has 0 saturated carbocycles. The molecule has 3 rings (SSSR count). The summed E-state index contributed by atoms with van der Waals surface area (Å²) < 4.78 is 10.6. The zero-order valence-corrected chi connectivity index (χ0v) is 20.6. The van der Waals surface area contributed by atoms with Crippen LogP contribution < -0.4 is 20.1 Å². The highest BCUT2D eigenvalue weighted by Crippen LogP contribution is 2.27.